The molecule has 0 amide bonds. The third kappa shape index (κ3) is 14.8. The number of unbranched alkanes of at least 4 members (excludes halogenated alkanes) is 11. The molecule has 7 heteroatoms. The summed E-state index contributed by atoms with van der Waals surface area (Å²) in [6.45, 7) is 4.02. The van der Waals surface area contributed by atoms with Crippen molar-refractivity contribution in [1.29, 1.82) is 0 Å². The molecule has 0 aliphatic carbocycles. The zero-order chi connectivity index (χ0) is 29.2. The molecule has 1 saturated heterocycles. The second-order valence-electron chi connectivity index (χ2n) is 12.4. The summed E-state index contributed by atoms with van der Waals surface area (Å²) in [6.07, 6.45) is 19.8. The molecule has 0 aromatic heterocycles. The zero-order valence-corrected chi connectivity index (χ0v) is 25.5. The fourth-order valence-corrected chi connectivity index (χ4v) is 6.05. The molecular formula is C33H60O7. The lowest BCUT2D eigenvalue weighted by Gasteiger charge is -2.22. The number of aliphatic hydroxyl groups excluding tert-OH is 4. The monoisotopic (exact) mass is 568 g/mol. The van der Waals surface area contributed by atoms with Crippen LogP contribution in [0.15, 0.2) is 11.6 Å². The first kappa shape index (κ1) is 35.2. The Morgan fingerprint density at radius 1 is 0.775 bits per heavy atom. The summed E-state index contributed by atoms with van der Waals surface area (Å²) in [5, 5.41) is 41.2. The van der Waals surface area contributed by atoms with Crippen LogP contribution in [0.2, 0.25) is 0 Å². The third-order valence-corrected chi connectivity index (χ3v) is 8.64. The van der Waals surface area contributed by atoms with Crippen molar-refractivity contribution >= 4 is 5.97 Å². The van der Waals surface area contributed by atoms with E-state index in [1.807, 2.05) is 13.0 Å². The van der Waals surface area contributed by atoms with E-state index in [9.17, 15) is 25.2 Å². The molecule has 0 radical (unpaired) electrons. The molecule has 0 unspecified atom stereocenters. The minimum absolute atomic E-state index is 0.144. The van der Waals surface area contributed by atoms with E-state index in [4.69, 9.17) is 9.47 Å². The summed E-state index contributed by atoms with van der Waals surface area (Å²) in [4.78, 5) is 11.6. The van der Waals surface area contributed by atoms with Crippen LogP contribution in [0.25, 0.3) is 0 Å². The second-order valence-corrected chi connectivity index (χ2v) is 12.4. The highest BCUT2D eigenvalue weighted by Crippen LogP contribution is 2.28. The zero-order valence-electron chi connectivity index (χ0n) is 25.5. The number of carbonyl (C=O) groups is 1. The van der Waals surface area contributed by atoms with Crippen LogP contribution >= 0.6 is 0 Å². The lowest BCUT2D eigenvalue weighted by Crippen LogP contribution is -2.31. The molecular weight excluding hydrogens is 508 g/mol. The summed E-state index contributed by atoms with van der Waals surface area (Å²) in [6, 6.07) is 0. The van der Waals surface area contributed by atoms with Gasteiger partial charge in [-0.1, -0.05) is 90.4 Å². The highest BCUT2D eigenvalue weighted by atomic mass is 16.5. The Balaban J connectivity index is 1.40. The van der Waals surface area contributed by atoms with Crippen molar-refractivity contribution in [2.45, 2.75) is 191 Å². The number of cyclic esters (lactones) is 1. The third-order valence-electron chi connectivity index (χ3n) is 8.64. The first-order valence-electron chi connectivity index (χ1n) is 16.6. The minimum atomic E-state index is -0.768. The highest BCUT2D eigenvalue weighted by molar-refractivity contribution is 5.90. The molecule has 0 aromatic carbocycles. The number of aliphatic hydroxyl groups is 4. The van der Waals surface area contributed by atoms with Crippen molar-refractivity contribution < 1.29 is 34.7 Å². The summed E-state index contributed by atoms with van der Waals surface area (Å²) < 4.78 is 11.2. The Hall–Kier alpha value is -0.990. The van der Waals surface area contributed by atoms with Gasteiger partial charge < -0.3 is 29.9 Å². The molecule has 234 valence electrons. The van der Waals surface area contributed by atoms with Crippen LogP contribution in [-0.2, 0) is 14.3 Å². The van der Waals surface area contributed by atoms with E-state index in [0.29, 0.717) is 31.3 Å². The molecule has 0 saturated carbocycles. The van der Waals surface area contributed by atoms with Gasteiger partial charge in [0.05, 0.1) is 36.6 Å². The summed E-state index contributed by atoms with van der Waals surface area (Å²) in [5.74, 6) is -0.282. The van der Waals surface area contributed by atoms with E-state index in [-0.39, 0.29) is 24.3 Å². The SMILES string of the molecule is CCCCCCC[C@@H](O)[C@@H](O)CC[C@H](O)[C@H]1CC[C@H](CCCCCCCCCC[C@@H](O)CC2=C[C@H](C)OC2=O)O1. The molecule has 0 spiro atoms. The van der Waals surface area contributed by atoms with Crippen molar-refractivity contribution in [1.82, 2.24) is 0 Å². The number of esters is 1. The maximum atomic E-state index is 11.6. The quantitative estimate of drug-likeness (QED) is 0.0800. The molecule has 2 heterocycles. The first-order valence-corrected chi connectivity index (χ1v) is 16.6. The minimum Gasteiger partial charge on any atom is -0.455 e. The van der Waals surface area contributed by atoms with Crippen molar-refractivity contribution in [2.75, 3.05) is 0 Å². The molecule has 1 fully saturated rings. The Morgan fingerprint density at radius 3 is 2.02 bits per heavy atom. The van der Waals surface area contributed by atoms with Gasteiger partial charge in [-0.25, -0.2) is 4.79 Å². The molecule has 2 rings (SSSR count). The Labute approximate surface area is 243 Å². The van der Waals surface area contributed by atoms with Crippen LogP contribution in [-0.4, -0.2) is 69.1 Å². The Morgan fingerprint density at radius 2 is 1.38 bits per heavy atom. The molecule has 4 N–H and O–H groups in total. The van der Waals surface area contributed by atoms with E-state index in [1.54, 1.807) is 0 Å². The van der Waals surface area contributed by atoms with Crippen LogP contribution in [0.1, 0.15) is 149 Å². The predicted octanol–water partition coefficient (Wildman–Crippen LogP) is 6.28. The van der Waals surface area contributed by atoms with Crippen LogP contribution < -0.4 is 0 Å². The fourth-order valence-electron chi connectivity index (χ4n) is 6.05. The molecule has 2 aliphatic rings. The van der Waals surface area contributed by atoms with E-state index in [2.05, 4.69) is 6.92 Å². The van der Waals surface area contributed by atoms with E-state index in [0.717, 1.165) is 57.8 Å². The maximum absolute atomic E-state index is 11.6. The summed E-state index contributed by atoms with van der Waals surface area (Å²) in [5.41, 5.74) is 0.615. The fraction of sp³-hybridized carbons (Fsp3) is 0.909. The van der Waals surface area contributed by atoms with Gasteiger partial charge in [-0.15, -0.1) is 0 Å². The number of ether oxygens (including phenoxy) is 2. The standard InChI is InChI=1S/C33H60O7/c1-3-4-5-10-15-18-29(35)30(36)20-21-31(37)32-22-19-28(40-32)17-14-12-9-7-6-8-11-13-16-27(34)24-26-23-25(2)39-33(26)38/h23,25,27-32,34-37H,3-22,24H2,1-2H3/t25-,27+,28-,29+,30-,31-,32+/m0/s1. The average molecular weight is 569 g/mol. The van der Waals surface area contributed by atoms with Gasteiger partial charge in [0.2, 0.25) is 0 Å². The van der Waals surface area contributed by atoms with Gasteiger partial charge in [0.15, 0.2) is 0 Å². The van der Waals surface area contributed by atoms with Crippen molar-refractivity contribution in [2.24, 2.45) is 0 Å². The topological polar surface area (TPSA) is 116 Å². The lowest BCUT2D eigenvalue weighted by molar-refractivity contribution is -0.139. The van der Waals surface area contributed by atoms with Crippen molar-refractivity contribution in [3.05, 3.63) is 11.6 Å². The van der Waals surface area contributed by atoms with Gasteiger partial charge in [0, 0.05) is 12.0 Å². The van der Waals surface area contributed by atoms with Gasteiger partial charge in [0.25, 0.3) is 0 Å². The van der Waals surface area contributed by atoms with Gasteiger partial charge in [-0.05, 0) is 57.9 Å². The Kier molecular flexibility index (Phi) is 18.3. The Bertz CT molecular complexity index is 696. The molecule has 7 atom stereocenters. The maximum Gasteiger partial charge on any atom is 0.334 e. The number of hydrogen-bond acceptors (Lipinski definition) is 7. The molecule has 2 aliphatic heterocycles. The van der Waals surface area contributed by atoms with Crippen LogP contribution in [0.4, 0.5) is 0 Å². The predicted molar refractivity (Wildman–Crippen MR) is 159 cm³/mol. The van der Waals surface area contributed by atoms with Crippen LogP contribution in [0, 0.1) is 0 Å². The number of hydrogen-bond donors (Lipinski definition) is 4. The first-order chi connectivity index (χ1) is 19.3. The van der Waals surface area contributed by atoms with E-state index >= 15 is 0 Å². The van der Waals surface area contributed by atoms with Gasteiger partial charge in [-0.2, -0.15) is 0 Å². The van der Waals surface area contributed by atoms with Crippen LogP contribution in [0.3, 0.4) is 0 Å². The van der Waals surface area contributed by atoms with E-state index in [1.165, 1.54) is 51.4 Å². The number of rotatable bonds is 24. The molecule has 40 heavy (non-hydrogen) atoms. The van der Waals surface area contributed by atoms with Gasteiger partial charge in [-0.3, -0.25) is 0 Å². The molecule has 7 nitrogen and oxygen atoms in total. The second kappa shape index (κ2) is 20.8. The smallest absolute Gasteiger partial charge is 0.334 e. The molecule has 0 aromatic rings. The van der Waals surface area contributed by atoms with Crippen molar-refractivity contribution in [3.63, 3.8) is 0 Å². The van der Waals surface area contributed by atoms with Gasteiger partial charge in [0.1, 0.15) is 6.10 Å². The highest BCUT2D eigenvalue weighted by Gasteiger charge is 2.31. The lowest BCUT2D eigenvalue weighted by atomic mass is 9.98. The number of carbonyl (C=O) groups excluding carboxylic acids is 1. The molecule has 0 bridgehead atoms. The normalized spacial score (nSPS) is 24.1. The van der Waals surface area contributed by atoms with Gasteiger partial charge >= 0.3 is 5.97 Å². The summed E-state index contributed by atoms with van der Waals surface area (Å²) in [7, 11) is 0. The summed E-state index contributed by atoms with van der Waals surface area (Å²) >= 11 is 0. The largest absolute Gasteiger partial charge is 0.455 e. The average Bonchev–Trinajstić information content (AvgIpc) is 3.53. The van der Waals surface area contributed by atoms with Crippen LogP contribution in [0.5, 0.6) is 0 Å². The van der Waals surface area contributed by atoms with Crippen molar-refractivity contribution in [3.8, 4) is 0 Å². The van der Waals surface area contributed by atoms with E-state index < -0.39 is 24.4 Å².